The highest BCUT2D eigenvalue weighted by molar-refractivity contribution is 5.28. The number of hydrogen-bond acceptors (Lipinski definition) is 5. The van der Waals surface area contributed by atoms with Gasteiger partial charge in [0.2, 0.25) is 0 Å². The highest BCUT2D eigenvalue weighted by Crippen LogP contribution is 2.33. The van der Waals surface area contributed by atoms with Crippen LogP contribution in [0.4, 0.5) is 0 Å². The normalized spacial score (nSPS) is 18.6. The Labute approximate surface area is 134 Å². The molecule has 3 heterocycles. The van der Waals surface area contributed by atoms with Crippen LogP contribution in [0.5, 0.6) is 0 Å². The first-order valence-corrected chi connectivity index (χ1v) is 7.93. The maximum absolute atomic E-state index is 5.46. The van der Waals surface area contributed by atoms with Crippen LogP contribution < -0.4 is 0 Å². The minimum absolute atomic E-state index is 0.290. The number of likely N-dealkylation sites (tertiary alicyclic amines) is 1. The van der Waals surface area contributed by atoms with Gasteiger partial charge < -0.3 is 4.52 Å². The third-order valence-electron chi connectivity index (χ3n) is 4.23. The SMILES string of the molecule is Cc1cc([C@@H]2CCCN2Cc2cnn(-c3ccccc3)n2)on1. The van der Waals surface area contributed by atoms with Crippen LogP contribution in [0.2, 0.25) is 0 Å². The summed E-state index contributed by atoms with van der Waals surface area (Å²) >= 11 is 0. The van der Waals surface area contributed by atoms with Gasteiger partial charge in [0.25, 0.3) is 0 Å². The maximum atomic E-state index is 5.46. The monoisotopic (exact) mass is 309 g/mol. The molecule has 0 amide bonds. The summed E-state index contributed by atoms with van der Waals surface area (Å²) in [6.45, 7) is 3.78. The van der Waals surface area contributed by atoms with E-state index < -0.39 is 0 Å². The molecule has 118 valence electrons. The number of rotatable bonds is 4. The molecule has 6 heteroatoms. The molecule has 1 saturated heterocycles. The minimum atomic E-state index is 0.290. The quantitative estimate of drug-likeness (QED) is 0.741. The second-order valence-corrected chi connectivity index (χ2v) is 5.96. The summed E-state index contributed by atoms with van der Waals surface area (Å²) in [5.74, 6) is 0.954. The fourth-order valence-electron chi connectivity index (χ4n) is 3.14. The lowest BCUT2D eigenvalue weighted by molar-refractivity contribution is 0.204. The van der Waals surface area contributed by atoms with Crippen molar-refractivity contribution in [3.63, 3.8) is 0 Å². The standard InChI is InChI=1S/C17H19N5O/c1-13-10-17(23-20-13)16-8-5-9-21(16)12-14-11-18-22(19-14)15-6-3-2-4-7-15/h2-4,6-7,10-11,16H,5,8-9,12H2,1H3/t16-/m0/s1. The van der Waals surface area contributed by atoms with E-state index in [1.807, 2.05) is 49.5 Å². The Morgan fingerprint density at radius 3 is 2.91 bits per heavy atom. The molecule has 0 saturated carbocycles. The average molecular weight is 309 g/mol. The van der Waals surface area contributed by atoms with Crippen molar-refractivity contribution in [2.24, 2.45) is 0 Å². The highest BCUT2D eigenvalue weighted by atomic mass is 16.5. The van der Waals surface area contributed by atoms with Crippen LogP contribution in [0.15, 0.2) is 47.1 Å². The topological polar surface area (TPSA) is 60.0 Å². The number of benzene rings is 1. The molecule has 0 aliphatic carbocycles. The third kappa shape index (κ3) is 2.90. The Bertz CT molecular complexity index is 779. The molecule has 6 nitrogen and oxygen atoms in total. The zero-order chi connectivity index (χ0) is 15.6. The fraction of sp³-hybridized carbons (Fsp3) is 0.353. The van der Waals surface area contributed by atoms with E-state index in [1.165, 1.54) is 0 Å². The molecule has 0 radical (unpaired) electrons. The summed E-state index contributed by atoms with van der Waals surface area (Å²) in [5, 5.41) is 13.0. The lowest BCUT2D eigenvalue weighted by atomic mass is 10.1. The van der Waals surface area contributed by atoms with E-state index >= 15 is 0 Å². The van der Waals surface area contributed by atoms with Gasteiger partial charge in [-0.3, -0.25) is 4.90 Å². The van der Waals surface area contributed by atoms with Gasteiger partial charge in [-0.1, -0.05) is 23.4 Å². The van der Waals surface area contributed by atoms with Crippen molar-refractivity contribution in [3.05, 3.63) is 59.7 Å². The third-order valence-corrected chi connectivity index (χ3v) is 4.23. The van der Waals surface area contributed by atoms with Crippen molar-refractivity contribution in [2.75, 3.05) is 6.54 Å². The van der Waals surface area contributed by atoms with E-state index in [-0.39, 0.29) is 6.04 Å². The highest BCUT2D eigenvalue weighted by Gasteiger charge is 2.29. The second kappa shape index (κ2) is 5.96. The zero-order valence-corrected chi connectivity index (χ0v) is 13.1. The predicted molar refractivity (Wildman–Crippen MR) is 85.0 cm³/mol. The van der Waals surface area contributed by atoms with Crippen molar-refractivity contribution in [3.8, 4) is 5.69 Å². The van der Waals surface area contributed by atoms with E-state index in [4.69, 9.17) is 4.52 Å². The first-order chi connectivity index (χ1) is 11.3. The predicted octanol–water partition coefficient (Wildman–Crippen LogP) is 2.90. The molecule has 1 aliphatic rings. The lowest BCUT2D eigenvalue weighted by Gasteiger charge is -2.20. The Morgan fingerprint density at radius 1 is 1.26 bits per heavy atom. The van der Waals surface area contributed by atoms with Gasteiger partial charge in [-0.05, 0) is 38.4 Å². The minimum Gasteiger partial charge on any atom is -0.359 e. The summed E-state index contributed by atoms with van der Waals surface area (Å²) in [5.41, 5.74) is 2.88. The Kier molecular flexibility index (Phi) is 3.67. The summed E-state index contributed by atoms with van der Waals surface area (Å²) in [6, 6.07) is 12.3. The fourth-order valence-corrected chi connectivity index (χ4v) is 3.14. The van der Waals surface area contributed by atoms with Gasteiger partial charge in [-0.25, -0.2) is 0 Å². The number of aryl methyl sites for hydroxylation is 1. The molecular formula is C17H19N5O. The van der Waals surface area contributed by atoms with Crippen LogP contribution in [0, 0.1) is 6.92 Å². The van der Waals surface area contributed by atoms with Crippen LogP contribution in [0.25, 0.3) is 5.69 Å². The Hall–Kier alpha value is -2.47. The smallest absolute Gasteiger partial charge is 0.154 e. The van der Waals surface area contributed by atoms with Gasteiger partial charge in [-0.2, -0.15) is 15.0 Å². The molecule has 1 aliphatic heterocycles. The summed E-state index contributed by atoms with van der Waals surface area (Å²) in [7, 11) is 0. The maximum Gasteiger partial charge on any atom is 0.154 e. The molecule has 1 atom stereocenters. The second-order valence-electron chi connectivity index (χ2n) is 5.96. The van der Waals surface area contributed by atoms with Gasteiger partial charge in [0.15, 0.2) is 5.76 Å². The van der Waals surface area contributed by atoms with Gasteiger partial charge in [0.05, 0.1) is 29.3 Å². The van der Waals surface area contributed by atoms with Crippen molar-refractivity contribution < 1.29 is 4.52 Å². The van der Waals surface area contributed by atoms with E-state index in [2.05, 4.69) is 20.3 Å². The van der Waals surface area contributed by atoms with Crippen molar-refractivity contribution in [1.82, 2.24) is 25.1 Å². The summed E-state index contributed by atoms with van der Waals surface area (Å²) in [4.78, 5) is 4.07. The van der Waals surface area contributed by atoms with E-state index in [0.29, 0.717) is 0 Å². The van der Waals surface area contributed by atoms with Gasteiger partial charge in [0, 0.05) is 12.6 Å². The van der Waals surface area contributed by atoms with Crippen LogP contribution in [-0.4, -0.2) is 31.6 Å². The van der Waals surface area contributed by atoms with E-state index in [1.54, 1.807) is 4.80 Å². The van der Waals surface area contributed by atoms with Crippen LogP contribution >= 0.6 is 0 Å². The van der Waals surface area contributed by atoms with E-state index in [9.17, 15) is 0 Å². The van der Waals surface area contributed by atoms with Crippen LogP contribution in [0.3, 0.4) is 0 Å². The Morgan fingerprint density at radius 2 is 2.13 bits per heavy atom. The van der Waals surface area contributed by atoms with Gasteiger partial charge in [-0.15, -0.1) is 0 Å². The molecular weight excluding hydrogens is 290 g/mol. The van der Waals surface area contributed by atoms with Gasteiger partial charge >= 0.3 is 0 Å². The number of nitrogens with zero attached hydrogens (tertiary/aromatic N) is 5. The Balaban J connectivity index is 1.50. The number of hydrogen-bond donors (Lipinski definition) is 0. The first kappa shape index (κ1) is 14.1. The zero-order valence-electron chi connectivity index (χ0n) is 13.1. The average Bonchev–Trinajstić information content (AvgIpc) is 3.29. The van der Waals surface area contributed by atoms with Crippen molar-refractivity contribution >= 4 is 0 Å². The van der Waals surface area contributed by atoms with Crippen molar-refractivity contribution in [1.29, 1.82) is 0 Å². The molecule has 1 aromatic carbocycles. The van der Waals surface area contributed by atoms with Crippen LogP contribution in [0.1, 0.15) is 36.0 Å². The molecule has 1 fully saturated rings. The molecule has 0 unspecified atom stereocenters. The molecule has 2 aromatic heterocycles. The number of para-hydroxylation sites is 1. The lowest BCUT2D eigenvalue weighted by Crippen LogP contribution is -2.22. The molecule has 0 N–H and O–H groups in total. The molecule has 0 bridgehead atoms. The molecule has 23 heavy (non-hydrogen) atoms. The van der Waals surface area contributed by atoms with E-state index in [0.717, 1.165) is 48.8 Å². The van der Waals surface area contributed by atoms with Gasteiger partial charge in [0.1, 0.15) is 0 Å². The molecule has 3 aromatic rings. The first-order valence-electron chi connectivity index (χ1n) is 7.93. The summed E-state index contributed by atoms with van der Waals surface area (Å²) in [6.07, 6.45) is 4.10. The largest absolute Gasteiger partial charge is 0.359 e. The van der Waals surface area contributed by atoms with Crippen molar-refractivity contribution in [2.45, 2.75) is 32.4 Å². The summed E-state index contributed by atoms with van der Waals surface area (Å²) < 4.78 is 5.46. The van der Waals surface area contributed by atoms with Crippen LogP contribution in [-0.2, 0) is 6.54 Å². The number of aromatic nitrogens is 4. The molecule has 4 rings (SSSR count). The molecule has 0 spiro atoms.